The molecule has 2 unspecified atom stereocenters. The highest BCUT2D eigenvalue weighted by molar-refractivity contribution is 6.30. The van der Waals surface area contributed by atoms with E-state index in [1.807, 2.05) is 53.6 Å². The summed E-state index contributed by atoms with van der Waals surface area (Å²) < 4.78 is 78.0. The van der Waals surface area contributed by atoms with Crippen LogP contribution in [0.4, 0.5) is 36.4 Å². The largest absolute Gasteiger partial charge is 0.490 e. The van der Waals surface area contributed by atoms with Gasteiger partial charge in [-0.25, -0.2) is 14.0 Å². The topological polar surface area (TPSA) is 126 Å². The lowest BCUT2D eigenvalue weighted by Gasteiger charge is -2.39. The number of nitrogens with one attached hydrogen (secondary N) is 2. The van der Waals surface area contributed by atoms with Gasteiger partial charge in [-0.15, -0.1) is 0 Å². The summed E-state index contributed by atoms with van der Waals surface area (Å²) in [6, 6.07) is 20.0. The molecule has 1 aromatic heterocycles. The number of para-hydroxylation sites is 1. The molecule has 9 nitrogen and oxygen atoms in total. The van der Waals surface area contributed by atoms with Crippen LogP contribution in [0.25, 0.3) is 10.9 Å². The molecule has 17 heteroatoms. The number of carbonyl (C=O) groups excluding carboxylic acids is 1. The van der Waals surface area contributed by atoms with Crippen LogP contribution in [0, 0.1) is 11.7 Å². The fraction of sp³-hybridized carbons (Fsp3) is 0.343. The Morgan fingerprint density at radius 2 is 1.54 bits per heavy atom. The van der Waals surface area contributed by atoms with Crippen molar-refractivity contribution in [3.63, 3.8) is 0 Å². The maximum Gasteiger partial charge on any atom is 0.490 e. The predicted octanol–water partition coefficient (Wildman–Crippen LogP) is 7.26. The fourth-order valence-corrected chi connectivity index (χ4v) is 5.91. The Balaban J connectivity index is 0.000000441. The molecular weight excluding hydrogens is 725 g/mol. The molecular formula is C35H36ClF7N4O5. The van der Waals surface area contributed by atoms with Crippen LogP contribution < -0.4 is 10.2 Å². The number of H-pyrrole nitrogens is 1. The van der Waals surface area contributed by atoms with E-state index in [0.717, 1.165) is 40.7 Å². The number of aliphatic carboxylic acids is 2. The zero-order chi connectivity index (χ0) is 39.0. The summed E-state index contributed by atoms with van der Waals surface area (Å²) in [5, 5.41) is 19.4. The number of carbonyl (C=O) groups is 3. The third-order valence-electron chi connectivity index (χ3n) is 8.00. The van der Waals surface area contributed by atoms with E-state index in [4.69, 9.17) is 31.4 Å². The summed E-state index contributed by atoms with van der Waals surface area (Å²) in [5.41, 5.74) is 4.60. The van der Waals surface area contributed by atoms with Gasteiger partial charge in [0.25, 0.3) is 0 Å². The number of benzene rings is 3. The van der Waals surface area contributed by atoms with E-state index in [1.54, 1.807) is 12.1 Å². The van der Waals surface area contributed by atoms with Crippen molar-refractivity contribution in [3.8, 4) is 0 Å². The van der Waals surface area contributed by atoms with Crippen molar-refractivity contribution in [2.45, 2.75) is 44.2 Å². The van der Waals surface area contributed by atoms with E-state index in [2.05, 4.69) is 42.3 Å². The third-order valence-corrected chi connectivity index (χ3v) is 8.24. The van der Waals surface area contributed by atoms with Crippen molar-refractivity contribution >= 4 is 46.0 Å². The monoisotopic (exact) mass is 760 g/mol. The first-order valence-corrected chi connectivity index (χ1v) is 16.0. The Kier molecular flexibility index (Phi) is 14.2. The molecule has 0 bridgehead atoms. The molecule has 1 amide bonds. The van der Waals surface area contributed by atoms with Gasteiger partial charge in [-0.1, -0.05) is 54.9 Å². The molecule has 0 fully saturated rings. The first-order chi connectivity index (χ1) is 24.2. The minimum absolute atomic E-state index is 0.0221. The molecule has 3 atom stereocenters. The van der Waals surface area contributed by atoms with Gasteiger partial charge in [-0.3, -0.25) is 4.79 Å². The lowest BCUT2D eigenvalue weighted by molar-refractivity contribution is -0.193. The van der Waals surface area contributed by atoms with Gasteiger partial charge in [0, 0.05) is 58.9 Å². The number of hydrogen-bond donors (Lipinski definition) is 4. The standard InChI is InChI=1S/C31H34ClFN4O.2C2HF3O2/c1-20(26-17-34-28-11-7-5-9-25(26)28)30(35-16-22-8-4-6-10-27(22)33)31(38)37-19-21(18-36(2)3)14-23-15-24(32)12-13-29(23)37;2*3-2(4,5)1(6)7/h4-13,15,17,20-21,30,34-35H,14,16,18-19H2,1-3H3;2*(H,6,7)/t20?,21-,30?;;/m1../s1. The minimum atomic E-state index is -5.08. The van der Waals surface area contributed by atoms with E-state index < -0.39 is 30.3 Å². The van der Waals surface area contributed by atoms with Crippen LogP contribution >= 0.6 is 11.6 Å². The van der Waals surface area contributed by atoms with E-state index in [1.165, 1.54) is 6.07 Å². The summed E-state index contributed by atoms with van der Waals surface area (Å²) >= 11 is 6.36. The van der Waals surface area contributed by atoms with Crippen LogP contribution in [0.1, 0.15) is 29.5 Å². The second kappa shape index (κ2) is 17.7. The van der Waals surface area contributed by atoms with Crippen molar-refractivity contribution < 1.29 is 55.3 Å². The van der Waals surface area contributed by atoms with Gasteiger partial charge in [-0.05, 0) is 67.9 Å². The van der Waals surface area contributed by atoms with Crippen LogP contribution in [-0.4, -0.2) is 83.5 Å². The Labute approximate surface area is 299 Å². The van der Waals surface area contributed by atoms with Crippen LogP contribution in [0.2, 0.25) is 5.02 Å². The highest BCUT2D eigenvalue weighted by Gasteiger charge is 2.39. The average molecular weight is 761 g/mol. The van der Waals surface area contributed by atoms with Gasteiger partial charge in [0.2, 0.25) is 5.91 Å². The zero-order valence-electron chi connectivity index (χ0n) is 28.0. The number of rotatable bonds is 8. The third kappa shape index (κ3) is 11.4. The predicted molar refractivity (Wildman–Crippen MR) is 181 cm³/mol. The first kappa shape index (κ1) is 41.7. The number of nitrogens with zero attached hydrogens (tertiary/aromatic N) is 2. The highest BCUT2D eigenvalue weighted by atomic mass is 35.5. The molecule has 0 spiro atoms. The smallest absolute Gasteiger partial charge is 0.475 e. The molecule has 1 aliphatic rings. The number of amides is 1. The van der Waals surface area contributed by atoms with E-state index >= 15 is 0 Å². The summed E-state index contributed by atoms with van der Waals surface area (Å²) in [7, 11) is 4.11. The molecule has 5 rings (SSSR count). The Morgan fingerprint density at radius 3 is 2.12 bits per heavy atom. The number of halogens is 8. The maximum atomic E-state index is 14.5. The molecule has 4 N–H and O–H groups in total. The van der Waals surface area contributed by atoms with Gasteiger partial charge in [0.1, 0.15) is 5.82 Å². The molecule has 1 aliphatic heterocycles. The van der Waals surface area contributed by atoms with Crippen LogP contribution in [0.3, 0.4) is 0 Å². The van der Waals surface area contributed by atoms with Gasteiger partial charge in [0.15, 0.2) is 0 Å². The molecule has 3 aromatic carbocycles. The summed E-state index contributed by atoms with van der Waals surface area (Å²) in [6.45, 7) is 3.79. The number of alkyl halides is 6. The number of aromatic nitrogens is 1. The quantitative estimate of drug-likeness (QED) is 0.139. The van der Waals surface area contributed by atoms with E-state index in [9.17, 15) is 35.5 Å². The molecule has 2 heterocycles. The molecule has 52 heavy (non-hydrogen) atoms. The average Bonchev–Trinajstić information content (AvgIpc) is 3.48. The number of carboxylic acids is 2. The Hall–Kier alpha value is -4.67. The van der Waals surface area contributed by atoms with Crippen molar-refractivity contribution in [2.75, 3.05) is 32.1 Å². The maximum absolute atomic E-state index is 14.5. The van der Waals surface area contributed by atoms with Crippen LogP contribution in [-0.2, 0) is 27.3 Å². The molecule has 0 radical (unpaired) electrons. The van der Waals surface area contributed by atoms with Gasteiger partial charge < -0.3 is 30.3 Å². The van der Waals surface area contributed by atoms with Gasteiger partial charge in [-0.2, -0.15) is 26.3 Å². The number of hydrogen-bond acceptors (Lipinski definition) is 5. The van der Waals surface area contributed by atoms with Crippen LogP contribution in [0.15, 0.2) is 72.9 Å². The van der Waals surface area contributed by atoms with Crippen molar-refractivity contribution in [3.05, 3.63) is 100 Å². The lowest BCUT2D eigenvalue weighted by Crippen LogP contribution is -2.52. The molecule has 0 saturated heterocycles. The van der Waals surface area contributed by atoms with E-state index in [0.29, 0.717) is 17.1 Å². The van der Waals surface area contributed by atoms with Crippen molar-refractivity contribution in [1.82, 2.24) is 15.2 Å². The Bertz CT molecular complexity index is 1820. The summed E-state index contributed by atoms with van der Waals surface area (Å²) in [5.74, 6) is -5.72. The van der Waals surface area contributed by atoms with Gasteiger partial charge >= 0.3 is 24.3 Å². The first-order valence-electron chi connectivity index (χ1n) is 15.6. The zero-order valence-corrected chi connectivity index (χ0v) is 28.8. The molecule has 282 valence electrons. The summed E-state index contributed by atoms with van der Waals surface area (Å²) in [6.07, 6.45) is -7.32. The highest BCUT2D eigenvalue weighted by Crippen LogP contribution is 2.35. The van der Waals surface area contributed by atoms with E-state index in [-0.39, 0.29) is 30.1 Å². The number of fused-ring (bicyclic) bond motifs is 2. The normalized spacial score (nSPS) is 15.5. The number of aromatic amines is 1. The number of carboxylic acid groups (broad SMARTS) is 2. The second-order valence-electron chi connectivity index (χ2n) is 12.2. The SMILES string of the molecule is CC(c1c[nH]c2ccccc12)C(NCc1ccccc1F)C(=O)N1C[C@@H](CN(C)C)Cc2cc(Cl)ccc21.O=C(O)C(F)(F)F.O=C(O)C(F)(F)F. The second-order valence-corrected chi connectivity index (χ2v) is 12.6. The van der Waals surface area contributed by atoms with Crippen molar-refractivity contribution in [2.24, 2.45) is 5.92 Å². The van der Waals surface area contributed by atoms with Gasteiger partial charge in [0.05, 0.1) is 6.04 Å². The van der Waals surface area contributed by atoms with Crippen LogP contribution in [0.5, 0.6) is 0 Å². The number of anilines is 1. The Morgan fingerprint density at radius 1 is 0.962 bits per heavy atom. The fourth-order valence-electron chi connectivity index (χ4n) is 5.72. The minimum Gasteiger partial charge on any atom is -0.475 e. The molecule has 0 saturated carbocycles. The molecule has 4 aromatic rings. The summed E-state index contributed by atoms with van der Waals surface area (Å²) in [4.78, 5) is 39.7. The van der Waals surface area contributed by atoms with Crippen molar-refractivity contribution in [1.29, 1.82) is 0 Å². The molecule has 0 aliphatic carbocycles. The lowest BCUT2D eigenvalue weighted by atomic mass is 9.88.